The third-order valence-corrected chi connectivity index (χ3v) is 4.54. The van der Waals surface area contributed by atoms with Crippen LogP contribution >= 0.6 is 24.0 Å². The second-order valence-electron chi connectivity index (χ2n) is 7.01. The van der Waals surface area contributed by atoms with Gasteiger partial charge in [-0.3, -0.25) is 14.7 Å². The van der Waals surface area contributed by atoms with E-state index in [9.17, 15) is 4.79 Å². The molecule has 1 amide bonds. The minimum absolute atomic E-state index is 0. The Morgan fingerprint density at radius 3 is 2.44 bits per heavy atom. The van der Waals surface area contributed by atoms with Crippen LogP contribution in [0.2, 0.25) is 0 Å². The van der Waals surface area contributed by atoms with Crippen molar-refractivity contribution in [2.45, 2.75) is 40.2 Å². The molecule has 27 heavy (non-hydrogen) atoms. The quantitative estimate of drug-likeness (QED) is 0.353. The summed E-state index contributed by atoms with van der Waals surface area (Å²) in [6.45, 7) is 12.6. The van der Waals surface area contributed by atoms with Crippen LogP contribution in [0.5, 0.6) is 0 Å². The van der Waals surface area contributed by atoms with Crippen molar-refractivity contribution in [3.63, 3.8) is 0 Å². The fourth-order valence-corrected chi connectivity index (χ4v) is 3.18. The summed E-state index contributed by atoms with van der Waals surface area (Å²) in [5.41, 5.74) is 2.11. The third-order valence-electron chi connectivity index (χ3n) is 4.54. The monoisotopic (exact) mass is 492 g/mol. The molecule has 0 spiro atoms. The summed E-state index contributed by atoms with van der Waals surface area (Å²) in [5.74, 6) is 1.88. The first-order valence-electron chi connectivity index (χ1n) is 9.29. The Morgan fingerprint density at radius 1 is 1.26 bits per heavy atom. The maximum Gasteiger partial charge on any atom is 0.234 e. The predicted octanol–water partition coefficient (Wildman–Crippen LogP) is 1.17. The highest BCUT2D eigenvalue weighted by Crippen LogP contribution is 2.12. The molecule has 0 saturated carbocycles. The molecule has 8 nitrogen and oxygen atoms in total. The summed E-state index contributed by atoms with van der Waals surface area (Å²) in [4.78, 5) is 20.7. The second kappa shape index (κ2) is 11.5. The molecule has 0 bridgehead atoms. The number of amides is 1. The van der Waals surface area contributed by atoms with Crippen LogP contribution in [0.15, 0.2) is 9.52 Å². The van der Waals surface area contributed by atoms with E-state index in [1.54, 1.807) is 7.05 Å². The van der Waals surface area contributed by atoms with Crippen molar-refractivity contribution in [2.75, 3.05) is 46.3 Å². The molecule has 0 aromatic carbocycles. The highest BCUT2D eigenvalue weighted by atomic mass is 127. The molecule has 1 aliphatic heterocycles. The van der Waals surface area contributed by atoms with Crippen molar-refractivity contribution in [3.05, 3.63) is 17.0 Å². The van der Waals surface area contributed by atoms with E-state index < -0.39 is 0 Å². The Balaban J connectivity index is 0.00000364. The first kappa shape index (κ1) is 23.7. The Hall–Kier alpha value is -1.36. The average molecular weight is 492 g/mol. The van der Waals surface area contributed by atoms with Gasteiger partial charge in [0.2, 0.25) is 5.91 Å². The van der Waals surface area contributed by atoms with Gasteiger partial charge >= 0.3 is 0 Å². The summed E-state index contributed by atoms with van der Waals surface area (Å²) >= 11 is 0. The molecule has 2 N–H and O–H groups in total. The number of nitrogens with one attached hydrogen (secondary N) is 2. The number of carbonyl (C=O) groups excluding carboxylic acids is 1. The predicted molar refractivity (Wildman–Crippen MR) is 118 cm³/mol. The van der Waals surface area contributed by atoms with E-state index in [1.165, 1.54) is 0 Å². The number of guanidine groups is 1. The zero-order chi connectivity index (χ0) is 19.1. The van der Waals surface area contributed by atoms with E-state index in [0.29, 0.717) is 6.54 Å². The molecule has 9 heteroatoms. The van der Waals surface area contributed by atoms with E-state index in [4.69, 9.17) is 4.52 Å². The topological polar surface area (TPSA) is 86.0 Å². The first-order valence-corrected chi connectivity index (χ1v) is 9.29. The van der Waals surface area contributed by atoms with Gasteiger partial charge < -0.3 is 20.1 Å². The molecule has 0 unspecified atom stereocenters. The van der Waals surface area contributed by atoms with Crippen LogP contribution in [-0.2, 0) is 11.2 Å². The second-order valence-corrected chi connectivity index (χ2v) is 7.01. The normalized spacial score (nSPS) is 15.6. The van der Waals surface area contributed by atoms with E-state index in [2.05, 4.69) is 30.6 Å². The van der Waals surface area contributed by atoms with Gasteiger partial charge in [-0.15, -0.1) is 24.0 Å². The lowest BCUT2D eigenvalue weighted by molar-refractivity contribution is -0.123. The van der Waals surface area contributed by atoms with Gasteiger partial charge in [0, 0.05) is 51.4 Å². The summed E-state index contributed by atoms with van der Waals surface area (Å²) < 4.78 is 5.21. The Labute approximate surface area is 179 Å². The zero-order valence-corrected chi connectivity index (χ0v) is 19.4. The number of piperazine rings is 1. The van der Waals surface area contributed by atoms with Crippen molar-refractivity contribution in [1.29, 1.82) is 0 Å². The minimum Gasteiger partial charge on any atom is -0.361 e. The van der Waals surface area contributed by atoms with Gasteiger partial charge in [0.05, 0.1) is 12.2 Å². The van der Waals surface area contributed by atoms with Crippen LogP contribution in [-0.4, -0.2) is 79.2 Å². The first-order chi connectivity index (χ1) is 12.4. The standard InChI is InChI=1S/C18H32N6O2.HI/c1-13(2)21-17(25)12-23-8-10-24(11-9-23)18(19-5)20-7-6-16-14(3)22-26-15(16)4;/h13H,6-12H2,1-5H3,(H,19,20)(H,21,25);1H. The largest absolute Gasteiger partial charge is 0.361 e. The number of rotatable bonds is 6. The van der Waals surface area contributed by atoms with Gasteiger partial charge in [-0.25, -0.2) is 0 Å². The molecule has 1 aromatic rings. The van der Waals surface area contributed by atoms with Gasteiger partial charge in [-0.2, -0.15) is 0 Å². The molecule has 0 radical (unpaired) electrons. The van der Waals surface area contributed by atoms with Gasteiger partial charge in [0.1, 0.15) is 5.76 Å². The van der Waals surface area contributed by atoms with Crippen molar-refractivity contribution < 1.29 is 9.32 Å². The number of nitrogens with zero attached hydrogens (tertiary/aromatic N) is 4. The molecule has 2 rings (SSSR count). The number of hydrogen-bond donors (Lipinski definition) is 2. The molecule has 0 atom stereocenters. The number of hydrogen-bond acceptors (Lipinski definition) is 5. The summed E-state index contributed by atoms with van der Waals surface area (Å²) in [6, 6.07) is 0.185. The molecular formula is C18H33IN6O2. The van der Waals surface area contributed by atoms with E-state index in [0.717, 1.165) is 62.1 Å². The lowest BCUT2D eigenvalue weighted by Gasteiger charge is -2.36. The third kappa shape index (κ3) is 7.28. The van der Waals surface area contributed by atoms with Crippen molar-refractivity contribution in [3.8, 4) is 0 Å². The zero-order valence-electron chi connectivity index (χ0n) is 17.0. The van der Waals surface area contributed by atoms with Gasteiger partial charge in [0.25, 0.3) is 0 Å². The smallest absolute Gasteiger partial charge is 0.234 e. The van der Waals surface area contributed by atoms with Crippen LogP contribution in [0.25, 0.3) is 0 Å². The summed E-state index contributed by atoms with van der Waals surface area (Å²) in [5, 5.41) is 10.4. The van der Waals surface area contributed by atoms with Crippen LogP contribution < -0.4 is 10.6 Å². The number of aromatic nitrogens is 1. The van der Waals surface area contributed by atoms with Gasteiger partial charge in [0.15, 0.2) is 5.96 Å². The molecule has 1 saturated heterocycles. The highest BCUT2D eigenvalue weighted by molar-refractivity contribution is 14.0. The molecule has 1 aromatic heterocycles. The lowest BCUT2D eigenvalue weighted by atomic mass is 10.1. The van der Waals surface area contributed by atoms with Crippen LogP contribution in [0, 0.1) is 13.8 Å². The van der Waals surface area contributed by atoms with Crippen molar-refractivity contribution in [1.82, 2.24) is 25.6 Å². The van der Waals surface area contributed by atoms with E-state index >= 15 is 0 Å². The van der Waals surface area contributed by atoms with Crippen molar-refractivity contribution >= 4 is 35.8 Å². The van der Waals surface area contributed by atoms with E-state index in [1.807, 2.05) is 27.7 Å². The highest BCUT2D eigenvalue weighted by Gasteiger charge is 2.21. The lowest BCUT2D eigenvalue weighted by Crippen LogP contribution is -2.54. The Morgan fingerprint density at radius 2 is 1.93 bits per heavy atom. The summed E-state index contributed by atoms with van der Waals surface area (Å²) in [6.07, 6.45) is 0.857. The van der Waals surface area contributed by atoms with Crippen molar-refractivity contribution in [2.24, 2.45) is 4.99 Å². The maximum absolute atomic E-state index is 11.9. The van der Waals surface area contributed by atoms with Crippen LogP contribution in [0.1, 0.15) is 30.9 Å². The van der Waals surface area contributed by atoms with Crippen LogP contribution in [0.4, 0.5) is 0 Å². The van der Waals surface area contributed by atoms with Gasteiger partial charge in [-0.1, -0.05) is 5.16 Å². The number of carbonyl (C=O) groups is 1. The fraction of sp³-hybridized carbons (Fsp3) is 0.722. The molecular weight excluding hydrogens is 459 g/mol. The minimum atomic E-state index is 0. The average Bonchev–Trinajstić information content (AvgIpc) is 2.90. The van der Waals surface area contributed by atoms with Crippen LogP contribution in [0.3, 0.4) is 0 Å². The SMILES string of the molecule is CN=C(NCCc1c(C)noc1C)N1CCN(CC(=O)NC(C)C)CC1.I. The Bertz CT molecular complexity index is 604. The van der Waals surface area contributed by atoms with E-state index in [-0.39, 0.29) is 35.9 Å². The molecule has 2 heterocycles. The summed E-state index contributed by atoms with van der Waals surface area (Å²) in [7, 11) is 1.81. The number of aryl methyl sites for hydroxylation is 2. The van der Waals surface area contributed by atoms with Gasteiger partial charge in [-0.05, 0) is 34.1 Å². The molecule has 1 aliphatic rings. The molecule has 0 aliphatic carbocycles. The Kier molecular flexibility index (Phi) is 10.1. The maximum atomic E-state index is 11.9. The number of halogens is 1. The fourth-order valence-electron chi connectivity index (χ4n) is 3.18. The number of aliphatic imine (C=N–C) groups is 1. The molecule has 154 valence electrons. The molecule has 1 fully saturated rings.